The number of nitrogens with zero attached hydrogens (tertiary/aromatic N) is 3. The van der Waals surface area contributed by atoms with Gasteiger partial charge in [0.1, 0.15) is 16.4 Å². The molecule has 1 atom stereocenters. The highest BCUT2D eigenvalue weighted by atomic mass is 32.1. The number of benzene rings is 2. The Kier molecular flexibility index (Phi) is 5.29. The molecule has 4 aromatic rings. The number of hydrogen-bond acceptors (Lipinski definition) is 6. The lowest BCUT2D eigenvalue weighted by atomic mass is 9.89. The van der Waals surface area contributed by atoms with Gasteiger partial charge in [-0.05, 0) is 53.6 Å². The van der Waals surface area contributed by atoms with Crippen LogP contribution in [0, 0.1) is 5.92 Å². The maximum absolute atomic E-state index is 6.49. The zero-order valence-corrected chi connectivity index (χ0v) is 19.2. The summed E-state index contributed by atoms with van der Waals surface area (Å²) in [6.45, 7) is 6.45. The second-order valence-corrected chi connectivity index (χ2v) is 10.1. The molecule has 2 aliphatic rings. The van der Waals surface area contributed by atoms with Crippen molar-refractivity contribution < 1.29 is 9.47 Å². The van der Waals surface area contributed by atoms with Crippen LogP contribution in [-0.2, 0) is 24.1 Å². The predicted molar refractivity (Wildman–Crippen MR) is 129 cm³/mol. The van der Waals surface area contributed by atoms with Crippen LogP contribution in [-0.4, -0.2) is 41.2 Å². The third kappa shape index (κ3) is 3.87. The van der Waals surface area contributed by atoms with Gasteiger partial charge < -0.3 is 9.47 Å². The number of ether oxygens (including phenoxy) is 2. The topological polar surface area (TPSA) is 47.5 Å². The third-order valence-corrected chi connectivity index (χ3v) is 7.72. The van der Waals surface area contributed by atoms with E-state index in [1.54, 1.807) is 0 Å². The molecular formula is C26H27N3O2S. The molecule has 6 heteroatoms. The summed E-state index contributed by atoms with van der Waals surface area (Å²) >= 11 is 1.83. The molecule has 1 unspecified atom stereocenters. The van der Waals surface area contributed by atoms with Gasteiger partial charge in [-0.2, -0.15) is 4.98 Å². The maximum Gasteiger partial charge on any atom is 0.231 e. The molecule has 3 heterocycles. The van der Waals surface area contributed by atoms with E-state index in [0.717, 1.165) is 73.4 Å². The normalized spacial score (nSPS) is 19.3. The Labute approximate surface area is 192 Å². The molecule has 6 rings (SSSR count). The summed E-state index contributed by atoms with van der Waals surface area (Å²) < 4.78 is 12.0. The molecule has 0 N–H and O–H groups in total. The highest BCUT2D eigenvalue weighted by Gasteiger charge is 2.25. The van der Waals surface area contributed by atoms with Crippen LogP contribution in [0.4, 0.5) is 0 Å². The van der Waals surface area contributed by atoms with Gasteiger partial charge in [0.15, 0.2) is 0 Å². The number of morpholine rings is 1. The fraction of sp³-hybridized carbons (Fsp3) is 0.385. The summed E-state index contributed by atoms with van der Waals surface area (Å²) in [5.41, 5.74) is 1.40. The van der Waals surface area contributed by atoms with Crippen molar-refractivity contribution in [3.05, 3.63) is 58.7 Å². The van der Waals surface area contributed by atoms with Crippen molar-refractivity contribution in [1.29, 1.82) is 0 Å². The van der Waals surface area contributed by atoms with Crippen LogP contribution in [0.3, 0.4) is 0 Å². The number of aryl methyl sites for hydroxylation is 1. The van der Waals surface area contributed by atoms with Crippen molar-refractivity contribution in [2.24, 2.45) is 5.92 Å². The van der Waals surface area contributed by atoms with E-state index in [2.05, 4.69) is 48.2 Å². The largest absolute Gasteiger partial charge is 0.438 e. The molecule has 0 spiro atoms. The molecule has 32 heavy (non-hydrogen) atoms. The summed E-state index contributed by atoms with van der Waals surface area (Å²) in [6.07, 6.45) is 3.42. The smallest absolute Gasteiger partial charge is 0.231 e. The number of rotatable bonds is 4. The fourth-order valence-corrected chi connectivity index (χ4v) is 6.19. The van der Waals surface area contributed by atoms with E-state index in [9.17, 15) is 0 Å². The lowest BCUT2D eigenvalue weighted by Gasteiger charge is -2.25. The first-order valence-electron chi connectivity index (χ1n) is 11.5. The highest BCUT2D eigenvalue weighted by molar-refractivity contribution is 7.18. The zero-order chi connectivity index (χ0) is 21.5. The molecule has 0 amide bonds. The predicted octanol–water partition coefficient (Wildman–Crippen LogP) is 5.59. The minimum absolute atomic E-state index is 0.709. The number of thiophene rings is 1. The van der Waals surface area contributed by atoms with E-state index in [-0.39, 0.29) is 0 Å². The minimum Gasteiger partial charge on any atom is -0.438 e. The van der Waals surface area contributed by atoms with Crippen molar-refractivity contribution >= 4 is 32.3 Å². The molecule has 0 saturated carbocycles. The first-order valence-corrected chi connectivity index (χ1v) is 12.3. The van der Waals surface area contributed by atoms with Crippen LogP contribution >= 0.6 is 11.3 Å². The molecule has 164 valence electrons. The summed E-state index contributed by atoms with van der Waals surface area (Å²) in [5.74, 6) is 3.09. The Morgan fingerprint density at radius 3 is 2.81 bits per heavy atom. The van der Waals surface area contributed by atoms with Gasteiger partial charge in [-0.3, -0.25) is 4.90 Å². The van der Waals surface area contributed by atoms with Gasteiger partial charge in [-0.15, -0.1) is 11.3 Å². The van der Waals surface area contributed by atoms with Crippen molar-refractivity contribution in [3.8, 4) is 11.6 Å². The number of fused-ring (bicyclic) bond motifs is 4. The Bertz CT molecular complexity index is 1280. The van der Waals surface area contributed by atoms with Crippen molar-refractivity contribution in [1.82, 2.24) is 14.9 Å². The van der Waals surface area contributed by atoms with E-state index in [1.165, 1.54) is 27.6 Å². The van der Waals surface area contributed by atoms with E-state index in [1.807, 2.05) is 17.4 Å². The molecule has 1 fully saturated rings. The highest BCUT2D eigenvalue weighted by Crippen LogP contribution is 2.42. The lowest BCUT2D eigenvalue weighted by Crippen LogP contribution is -2.36. The zero-order valence-electron chi connectivity index (χ0n) is 18.3. The van der Waals surface area contributed by atoms with Crippen LogP contribution < -0.4 is 4.74 Å². The van der Waals surface area contributed by atoms with Gasteiger partial charge in [0.25, 0.3) is 0 Å². The standard InChI is InChI=1S/C26H27N3O2S/c1-17-6-9-21-22(14-17)32-26-24(21)25(27-23(28-26)16-29-10-12-30-13-11-29)31-20-8-7-18-4-2-3-5-19(18)15-20/h2-5,7-8,15,17H,6,9-14,16H2,1H3. The molecular weight excluding hydrogens is 418 g/mol. The minimum atomic E-state index is 0.709. The van der Waals surface area contributed by atoms with E-state index in [0.29, 0.717) is 5.88 Å². The fourth-order valence-electron chi connectivity index (χ4n) is 4.80. The van der Waals surface area contributed by atoms with Gasteiger partial charge in [-0.1, -0.05) is 37.3 Å². The van der Waals surface area contributed by atoms with Crippen LogP contribution in [0.1, 0.15) is 29.6 Å². The van der Waals surface area contributed by atoms with Gasteiger partial charge >= 0.3 is 0 Å². The monoisotopic (exact) mass is 445 g/mol. The van der Waals surface area contributed by atoms with Crippen LogP contribution in [0.25, 0.3) is 21.0 Å². The number of hydrogen-bond donors (Lipinski definition) is 0. The first-order chi connectivity index (χ1) is 15.7. The summed E-state index contributed by atoms with van der Waals surface area (Å²) in [5, 5.41) is 3.50. The Morgan fingerprint density at radius 2 is 1.94 bits per heavy atom. The molecule has 5 nitrogen and oxygen atoms in total. The van der Waals surface area contributed by atoms with Crippen LogP contribution in [0.2, 0.25) is 0 Å². The first kappa shape index (κ1) is 20.1. The maximum atomic E-state index is 6.49. The second kappa shape index (κ2) is 8.43. The van der Waals surface area contributed by atoms with Crippen molar-refractivity contribution in [2.45, 2.75) is 32.7 Å². The summed E-state index contributed by atoms with van der Waals surface area (Å²) in [7, 11) is 0. The van der Waals surface area contributed by atoms with Crippen LogP contribution in [0.15, 0.2) is 42.5 Å². The Morgan fingerprint density at radius 1 is 1.09 bits per heavy atom. The quantitative estimate of drug-likeness (QED) is 0.410. The SMILES string of the molecule is CC1CCc2c(sc3nc(CN4CCOCC4)nc(Oc4ccc5ccccc5c4)c23)C1. The van der Waals surface area contributed by atoms with E-state index >= 15 is 0 Å². The van der Waals surface area contributed by atoms with Gasteiger partial charge in [-0.25, -0.2) is 4.98 Å². The molecule has 1 aliphatic carbocycles. The molecule has 0 radical (unpaired) electrons. The molecule has 1 saturated heterocycles. The Balaban J connectivity index is 1.42. The summed E-state index contributed by atoms with van der Waals surface area (Å²) in [6, 6.07) is 14.6. The average Bonchev–Trinajstić information content (AvgIpc) is 3.17. The van der Waals surface area contributed by atoms with Gasteiger partial charge in [0.2, 0.25) is 5.88 Å². The van der Waals surface area contributed by atoms with Crippen molar-refractivity contribution in [2.75, 3.05) is 26.3 Å². The Hall–Kier alpha value is -2.54. The molecule has 2 aromatic carbocycles. The molecule has 2 aromatic heterocycles. The van der Waals surface area contributed by atoms with Crippen LogP contribution in [0.5, 0.6) is 11.6 Å². The third-order valence-electron chi connectivity index (χ3n) is 6.57. The second-order valence-electron chi connectivity index (χ2n) is 8.98. The van der Waals surface area contributed by atoms with E-state index < -0.39 is 0 Å². The van der Waals surface area contributed by atoms with Gasteiger partial charge in [0.05, 0.1) is 25.1 Å². The van der Waals surface area contributed by atoms with E-state index in [4.69, 9.17) is 19.4 Å². The van der Waals surface area contributed by atoms with Crippen molar-refractivity contribution in [3.63, 3.8) is 0 Å². The molecule has 1 aliphatic heterocycles. The summed E-state index contributed by atoms with van der Waals surface area (Å²) in [4.78, 5) is 14.8. The number of aromatic nitrogens is 2. The average molecular weight is 446 g/mol. The lowest BCUT2D eigenvalue weighted by molar-refractivity contribution is 0.0330. The van der Waals surface area contributed by atoms with Gasteiger partial charge in [0, 0.05) is 18.0 Å². The molecule has 0 bridgehead atoms.